The van der Waals surface area contributed by atoms with Crippen LogP contribution in [-0.4, -0.2) is 32.6 Å². The highest BCUT2D eigenvalue weighted by molar-refractivity contribution is 5.99. The summed E-state index contributed by atoms with van der Waals surface area (Å²) in [6.07, 6.45) is 8.99. The van der Waals surface area contributed by atoms with E-state index in [-0.39, 0.29) is 11.8 Å². The molecule has 1 saturated carbocycles. The first-order valence-corrected chi connectivity index (χ1v) is 12.3. The van der Waals surface area contributed by atoms with Crippen molar-refractivity contribution >= 4 is 22.9 Å². The van der Waals surface area contributed by atoms with Gasteiger partial charge in [0.25, 0.3) is 5.91 Å². The Morgan fingerprint density at radius 1 is 1.19 bits per heavy atom. The molecule has 0 bridgehead atoms. The minimum atomic E-state index is -0.999. The van der Waals surface area contributed by atoms with Gasteiger partial charge in [-0.15, -0.1) is 0 Å². The molecule has 1 heterocycles. The second kappa shape index (κ2) is 11.0. The summed E-state index contributed by atoms with van der Waals surface area (Å²) in [6, 6.07) is 4.70. The Morgan fingerprint density at radius 3 is 2.53 bits per heavy atom. The Hall–Kier alpha value is -2.37. The van der Waals surface area contributed by atoms with E-state index >= 15 is 0 Å². The predicted molar refractivity (Wildman–Crippen MR) is 128 cm³/mol. The van der Waals surface area contributed by atoms with Gasteiger partial charge in [0.2, 0.25) is 0 Å². The van der Waals surface area contributed by atoms with Crippen LogP contribution < -0.4 is 5.32 Å². The van der Waals surface area contributed by atoms with Crippen molar-refractivity contribution in [2.75, 3.05) is 0 Å². The van der Waals surface area contributed by atoms with E-state index in [1.807, 2.05) is 26.0 Å². The molecule has 1 aliphatic rings. The van der Waals surface area contributed by atoms with Gasteiger partial charge in [0.1, 0.15) is 11.9 Å². The van der Waals surface area contributed by atoms with Crippen LogP contribution in [0.2, 0.25) is 0 Å². The van der Waals surface area contributed by atoms with Gasteiger partial charge < -0.3 is 15.0 Å². The number of hydrogen-bond acceptors (Lipinski definition) is 3. The number of carboxylic acids is 1. The summed E-state index contributed by atoms with van der Waals surface area (Å²) < 4.78 is 2.35. The smallest absolute Gasteiger partial charge is 0.326 e. The number of aromatic nitrogens is 2. The second-order valence-corrected chi connectivity index (χ2v) is 10.1. The van der Waals surface area contributed by atoms with Gasteiger partial charge in [0, 0.05) is 18.5 Å². The molecule has 2 unspecified atom stereocenters. The van der Waals surface area contributed by atoms with Crippen molar-refractivity contribution in [2.45, 2.75) is 91.6 Å². The number of imidazole rings is 1. The first kappa shape index (κ1) is 24.3. The normalized spacial score (nSPS) is 16.9. The van der Waals surface area contributed by atoms with E-state index in [9.17, 15) is 14.7 Å². The molecule has 0 aliphatic heterocycles. The van der Waals surface area contributed by atoms with Crippen molar-refractivity contribution in [3.8, 4) is 0 Å². The van der Waals surface area contributed by atoms with Gasteiger partial charge in [0.15, 0.2) is 0 Å². The zero-order valence-electron chi connectivity index (χ0n) is 20.1. The molecule has 1 fully saturated rings. The molecule has 176 valence electrons. The van der Waals surface area contributed by atoms with Gasteiger partial charge in [-0.2, -0.15) is 0 Å². The SMILES string of the molecule is CCC(C)Cn1c(CC2CCCCC2)nc2cc(C(=O)NC(CC(C)C)C(=O)O)ccc21. The Kier molecular flexibility index (Phi) is 8.32. The molecule has 0 saturated heterocycles. The number of fused-ring (bicyclic) bond motifs is 1. The minimum absolute atomic E-state index is 0.178. The summed E-state index contributed by atoms with van der Waals surface area (Å²) in [5.74, 6) is 1.18. The highest BCUT2D eigenvalue weighted by Crippen LogP contribution is 2.29. The van der Waals surface area contributed by atoms with Crippen molar-refractivity contribution in [1.29, 1.82) is 0 Å². The number of carboxylic acid groups (broad SMARTS) is 1. The van der Waals surface area contributed by atoms with Gasteiger partial charge in [-0.25, -0.2) is 9.78 Å². The monoisotopic (exact) mass is 441 g/mol. The molecule has 0 spiro atoms. The summed E-state index contributed by atoms with van der Waals surface area (Å²) in [4.78, 5) is 29.3. The van der Waals surface area contributed by atoms with E-state index in [1.54, 1.807) is 6.07 Å². The molecule has 1 aromatic heterocycles. The first-order chi connectivity index (χ1) is 15.3. The average Bonchev–Trinajstić information content (AvgIpc) is 3.09. The fraction of sp³-hybridized carbons (Fsp3) is 0.654. The van der Waals surface area contributed by atoms with E-state index in [4.69, 9.17) is 4.98 Å². The summed E-state index contributed by atoms with van der Waals surface area (Å²) in [5.41, 5.74) is 2.34. The number of aliphatic carboxylic acids is 1. The minimum Gasteiger partial charge on any atom is -0.480 e. The maximum atomic E-state index is 12.8. The third-order valence-corrected chi connectivity index (χ3v) is 6.79. The van der Waals surface area contributed by atoms with Crippen LogP contribution in [0.15, 0.2) is 18.2 Å². The van der Waals surface area contributed by atoms with Gasteiger partial charge in [-0.1, -0.05) is 66.2 Å². The molecule has 1 aromatic carbocycles. The highest BCUT2D eigenvalue weighted by Gasteiger charge is 2.23. The maximum Gasteiger partial charge on any atom is 0.326 e. The Labute approximate surface area is 191 Å². The lowest BCUT2D eigenvalue weighted by atomic mass is 9.87. The van der Waals surface area contributed by atoms with Gasteiger partial charge >= 0.3 is 5.97 Å². The molecule has 3 rings (SSSR count). The van der Waals surface area contributed by atoms with Crippen LogP contribution in [0, 0.1) is 17.8 Å². The Bertz CT molecular complexity index is 928. The fourth-order valence-corrected chi connectivity index (χ4v) is 4.71. The number of benzene rings is 1. The van der Waals surface area contributed by atoms with E-state index in [0.717, 1.165) is 36.2 Å². The molecule has 1 amide bonds. The maximum absolute atomic E-state index is 12.8. The second-order valence-electron chi connectivity index (χ2n) is 10.1. The van der Waals surface area contributed by atoms with E-state index in [2.05, 4.69) is 23.7 Å². The number of carbonyl (C=O) groups is 2. The topological polar surface area (TPSA) is 84.2 Å². The lowest BCUT2D eigenvalue weighted by Crippen LogP contribution is -2.41. The lowest BCUT2D eigenvalue weighted by molar-refractivity contribution is -0.139. The average molecular weight is 442 g/mol. The van der Waals surface area contributed by atoms with Gasteiger partial charge in [-0.05, 0) is 42.4 Å². The third kappa shape index (κ3) is 6.11. The van der Waals surface area contributed by atoms with Crippen LogP contribution in [0.1, 0.15) is 88.8 Å². The summed E-state index contributed by atoms with van der Waals surface area (Å²) in [5, 5.41) is 12.1. The van der Waals surface area contributed by atoms with Crippen molar-refractivity contribution in [1.82, 2.24) is 14.9 Å². The molecule has 2 aromatic rings. The fourth-order valence-electron chi connectivity index (χ4n) is 4.71. The van der Waals surface area contributed by atoms with E-state index < -0.39 is 12.0 Å². The lowest BCUT2D eigenvalue weighted by Gasteiger charge is -2.22. The largest absolute Gasteiger partial charge is 0.480 e. The number of nitrogens with zero attached hydrogens (tertiary/aromatic N) is 2. The zero-order chi connectivity index (χ0) is 23.3. The Morgan fingerprint density at radius 2 is 1.91 bits per heavy atom. The van der Waals surface area contributed by atoms with E-state index in [1.165, 1.54) is 32.1 Å². The zero-order valence-corrected chi connectivity index (χ0v) is 20.1. The number of nitrogens with one attached hydrogen (secondary N) is 1. The molecule has 2 atom stereocenters. The van der Waals surface area contributed by atoms with Crippen molar-refractivity contribution in [2.24, 2.45) is 17.8 Å². The molecule has 6 nitrogen and oxygen atoms in total. The Balaban J connectivity index is 1.87. The highest BCUT2D eigenvalue weighted by atomic mass is 16.4. The van der Waals surface area contributed by atoms with Crippen LogP contribution in [0.5, 0.6) is 0 Å². The van der Waals surface area contributed by atoms with Crippen LogP contribution >= 0.6 is 0 Å². The summed E-state index contributed by atoms with van der Waals surface area (Å²) in [6.45, 7) is 9.30. The number of carbonyl (C=O) groups excluding carboxylic acids is 1. The molecule has 32 heavy (non-hydrogen) atoms. The molecular formula is C26H39N3O3. The summed E-state index contributed by atoms with van der Waals surface area (Å²) >= 11 is 0. The predicted octanol–water partition coefficient (Wildman–Crippen LogP) is 5.43. The van der Waals surface area contributed by atoms with Crippen molar-refractivity contribution in [3.05, 3.63) is 29.6 Å². The van der Waals surface area contributed by atoms with Gasteiger partial charge in [0.05, 0.1) is 11.0 Å². The van der Waals surface area contributed by atoms with Gasteiger partial charge in [-0.3, -0.25) is 4.79 Å². The molecule has 6 heteroatoms. The number of rotatable bonds is 10. The first-order valence-electron chi connectivity index (χ1n) is 12.3. The molecule has 0 radical (unpaired) electrons. The molecule has 1 aliphatic carbocycles. The van der Waals surface area contributed by atoms with Crippen LogP contribution in [0.25, 0.3) is 11.0 Å². The standard InChI is InChI=1S/C26H39N3O3/c1-5-18(4)16-29-23-12-11-20(25(30)28-22(26(31)32)13-17(2)3)15-21(23)27-24(29)14-19-9-7-6-8-10-19/h11-12,15,17-19,22H,5-10,13-14,16H2,1-4H3,(H,28,30)(H,31,32). The molecule has 2 N–H and O–H groups in total. The summed E-state index contributed by atoms with van der Waals surface area (Å²) in [7, 11) is 0. The van der Waals surface area contributed by atoms with E-state index in [0.29, 0.717) is 23.8 Å². The third-order valence-electron chi connectivity index (χ3n) is 6.79. The number of hydrogen-bond donors (Lipinski definition) is 2. The van der Waals surface area contributed by atoms with Crippen molar-refractivity contribution < 1.29 is 14.7 Å². The van der Waals surface area contributed by atoms with Crippen LogP contribution in [0.4, 0.5) is 0 Å². The van der Waals surface area contributed by atoms with Crippen LogP contribution in [-0.2, 0) is 17.8 Å². The number of amides is 1. The quantitative estimate of drug-likeness (QED) is 0.514. The van der Waals surface area contributed by atoms with Crippen LogP contribution in [0.3, 0.4) is 0 Å². The molecular weight excluding hydrogens is 402 g/mol. The van der Waals surface area contributed by atoms with Crippen molar-refractivity contribution in [3.63, 3.8) is 0 Å².